The van der Waals surface area contributed by atoms with Gasteiger partial charge in [-0.3, -0.25) is 0 Å². The predicted octanol–water partition coefficient (Wildman–Crippen LogP) is 5.53. The molecule has 1 heterocycles. The largest absolute Gasteiger partial charge is 0.0967 e. The van der Waals surface area contributed by atoms with Gasteiger partial charge in [-0.2, -0.15) is 0 Å². The number of allylic oxidation sites excluding steroid dienone is 4. The van der Waals surface area contributed by atoms with Gasteiger partial charge in [-0.15, -0.1) is 0 Å². The van der Waals surface area contributed by atoms with Crippen molar-refractivity contribution in [2.24, 2.45) is 23.7 Å². The Morgan fingerprint density at radius 3 is 0.889 bits per heavy atom. The second kappa shape index (κ2) is 3.85. The molecule has 0 amide bonds. The summed E-state index contributed by atoms with van der Waals surface area (Å²) >= 11 is 4.53. The van der Waals surface area contributed by atoms with E-state index in [9.17, 15) is 0 Å². The van der Waals surface area contributed by atoms with Crippen molar-refractivity contribution in [3.05, 3.63) is 19.6 Å². The molecule has 0 spiro atoms. The van der Waals surface area contributed by atoms with E-state index in [0.717, 1.165) is 23.7 Å². The van der Waals surface area contributed by atoms with Gasteiger partial charge >= 0.3 is 0 Å². The second-order valence-corrected chi connectivity index (χ2v) is 8.93. The molecule has 1 aliphatic heterocycles. The lowest BCUT2D eigenvalue weighted by Gasteiger charge is -2.48. The van der Waals surface area contributed by atoms with Gasteiger partial charge in [0.25, 0.3) is 0 Å². The van der Waals surface area contributed by atoms with E-state index in [4.69, 9.17) is 0 Å². The van der Waals surface area contributed by atoms with E-state index in [1.807, 2.05) is 19.6 Å². The number of rotatable bonds is 0. The van der Waals surface area contributed by atoms with E-state index < -0.39 is 0 Å². The molecule has 18 heavy (non-hydrogen) atoms. The lowest BCUT2D eigenvalue weighted by atomic mass is 9.75. The van der Waals surface area contributed by atoms with Crippen LogP contribution in [0.3, 0.4) is 0 Å². The maximum Gasteiger partial charge on any atom is 0.00271 e. The van der Waals surface area contributed by atoms with Crippen LogP contribution in [0.15, 0.2) is 19.6 Å². The summed E-state index contributed by atoms with van der Waals surface area (Å²) in [7, 11) is 0. The number of hydrogen-bond donors (Lipinski definition) is 0. The van der Waals surface area contributed by atoms with Gasteiger partial charge in [0.1, 0.15) is 0 Å². The lowest BCUT2D eigenvalue weighted by Crippen LogP contribution is -2.31. The normalized spacial score (nSPS) is 45.3. The predicted molar refractivity (Wildman–Crippen MR) is 80.1 cm³/mol. The van der Waals surface area contributed by atoms with Crippen LogP contribution in [0, 0.1) is 23.7 Å². The fraction of sp³-hybridized carbons (Fsp3) is 0.750. The first kappa shape index (κ1) is 10.9. The van der Waals surface area contributed by atoms with Gasteiger partial charge in [-0.1, -0.05) is 23.5 Å². The highest BCUT2D eigenvalue weighted by molar-refractivity contribution is 8.13. The lowest BCUT2D eigenvalue weighted by molar-refractivity contribution is 0.310. The summed E-state index contributed by atoms with van der Waals surface area (Å²) in [5.74, 6) is 3.82. The molecule has 2 heteroatoms. The Bertz CT molecular complexity index is 373. The van der Waals surface area contributed by atoms with Crippen LogP contribution in [0.1, 0.15) is 51.4 Å². The first-order chi connectivity index (χ1) is 8.90. The highest BCUT2D eigenvalue weighted by Gasteiger charge is 2.44. The molecule has 0 nitrogen and oxygen atoms in total. The molecule has 0 aromatic heterocycles. The summed E-state index contributed by atoms with van der Waals surface area (Å²) in [6.45, 7) is 0. The zero-order valence-corrected chi connectivity index (χ0v) is 12.4. The zero-order valence-electron chi connectivity index (χ0n) is 10.8. The number of hydrogen-bond acceptors (Lipinski definition) is 2. The fourth-order valence-corrected chi connectivity index (χ4v) is 8.46. The van der Waals surface area contributed by atoms with Gasteiger partial charge in [-0.05, 0) is 75.0 Å². The quantitative estimate of drug-likeness (QED) is 0.570. The van der Waals surface area contributed by atoms with Crippen LogP contribution in [-0.4, -0.2) is 0 Å². The third kappa shape index (κ3) is 1.37. The molecular formula is C16H20S2. The molecule has 0 aromatic rings. The number of fused-ring (bicyclic) bond motifs is 4. The van der Waals surface area contributed by atoms with Crippen LogP contribution in [0.2, 0.25) is 0 Å². The average Bonchev–Trinajstić information content (AvgIpc) is 2.48. The maximum absolute atomic E-state index is 2.26. The zero-order chi connectivity index (χ0) is 11.7. The second-order valence-electron chi connectivity index (χ2n) is 6.76. The molecule has 4 bridgehead atoms. The molecule has 0 saturated heterocycles. The highest BCUT2D eigenvalue weighted by atomic mass is 32.2. The van der Waals surface area contributed by atoms with Crippen LogP contribution in [0.25, 0.3) is 0 Å². The topological polar surface area (TPSA) is 0 Å². The van der Waals surface area contributed by atoms with Crippen molar-refractivity contribution < 1.29 is 0 Å². The highest BCUT2D eigenvalue weighted by Crippen LogP contribution is 2.65. The summed E-state index contributed by atoms with van der Waals surface area (Å²) in [5, 5.41) is 0. The Kier molecular flexibility index (Phi) is 2.33. The molecule has 7 rings (SSSR count). The summed E-state index contributed by atoms with van der Waals surface area (Å²) in [6.07, 6.45) is 12.0. The Balaban J connectivity index is 1.57. The van der Waals surface area contributed by atoms with Gasteiger partial charge in [0.2, 0.25) is 0 Å². The standard InChI is InChI=1S/C16H20S2/c1-2-10-4-3-9(1)13-14(10)18-16-12-7-5-11(6-8-12)15(16)17-13/h9-12H,1-8H2. The minimum atomic E-state index is 0.956. The molecule has 0 atom stereocenters. The summed E-state index contributed by atoms with van der Waals surface area (Å²) in [6, 6.07) is 0. The van der Waals surface area contributed by atoms with Crippen molar-refractivity contribution in [2.45, 2.75) is 51.4 Å². The van der Waals surface area contributed by atoms with Crippen LogP contribution in [0.5, 0.6) is 0 Å². The Morgan fingerprint density at radius 2 is 0.667 bits per heavy atom. The van der Waals surface area contributed by atoms with Gasteiger partial charge in [0.15, 0.2) is 0 Å². The van der Waals surface area contributed by atoms with Crippen LogP contribution >= 0.6 is 23.5 Å². The average molecular weight is 276 g/mol. The number of thioether (sulfide) groups is 2. The van der Waals surface area contributed by atoms with E-state index in [0.29, 0.717) is 0 Å². The van der Waals surface area contributed by atoms with Crippen molar-refractivity contribution in [3.63, 3.8) is 0 Å². The molecule has 0 N–H and O–H groups in total. The summed E-state index contributed by atoms with van der Waals surface area (Å²) < 4.78 is 0. The molecule has 0 radical (unpaired) electrons. The van der Waals surface area contributed by atoms with Crippen molar-refractivity contribution in [2.75, 3.05) is 0 Å². The van der Waals surface area contributed by atoms with E-state index in [-0.39, 0.29) is 0 Å². The smallest absolute Gasteiger partial charge is 0.00271 e. The third-order valence-electron chi connectivity index (χ3n) is 5.86. The molecule has 96 valence electrons. The Morgan fingerprint density at radius 1 is 0.444 bits per heavy atom. The van der Waals surface area contributed by atoms with Crippen molar-refractivity contribution in [1.82, 2.24) is 0 Å². The molecular weight excluding hydrogens is 256 g/mol. The van der Waals surface area contributed by atoms with Gasteiger partial charge in [0.05, 0.1) is 0 Å². The molecule has 0 aromatic carbocycles. The van der Waals surface area contributed by atoms with Gasteiger partial charge < -0.3 is 0 Å². The van der Waals surface area contributed by atoms with Crippen molar-refractivity contribution >= 4 is 23.5 Å². The molecule has 6 aliphatic carbocycles. The molecule has 0 unspecified atom stereocenters. The van der Waals surface area contributed by atoms with E-state index >= 15 is 0 Å². The molecule has 2 fully saturated rings. The molecule has 2 saturated carbocycles. The van der Waals surface area contributed by atoms with E-state index in [1.165, 1.54) is 51.4 Å². The minimum Gasteiger partial charge on any atom is -0.0967 e. The van der Waals surface area contributed by atoms with Crippen LogP contribution < -0.4 is 0 Å². The summed E-state index contributed by atoms with van der Waals surface area (Å²) in [5.41, 5.74) is 0. The van der Waals surface area contributed by atoms with Crippen LogP contribution in [-0.2, 0) is 0 Å². The van der Waals surface area contributed by atoms with Gasteiger partial charge in [-0.25, -0.2) is 0 Å². The third-order valence-corrected chi connectivity index (χ3v) is 9.21. The van der Waals surface area contributed by atoms with Crippen molar-refractivity contribution in [3.8, 4) is 0 Å². The van der Waals surface area contributed by atoms with E-state index in [2.05, 4.69) is 23.5 Å². The Hall–Kier alpha value is 0.180. The van der Waals surface area contributed by atoms with Gasteiger partial charge in [0, 0.05) is 19.6 Å². The molecule has 7 aliphatic rings. The SMILES string of the molecule is C1CC2CCC1C1=C2SC2=C(S1)C1CCC2CC1. The minimum absolute atomic E-state index is 0.956. The Labute approximate surface area is 118 Å². The first-order valence-corrected chi connectivity index (χ1v) is 9.37. The monoisotopic (exact) mass is 276 g/mol. The fourth-order valence-electron chi connectivity index (χ4n) is 4.81. The first-order valence-electron chi connectivity index (χ1n) is 7.74. The van der Waals surface area contributed by atoms with Crippen LogP contribution in [0.4, 0.5) is 0 Å². The van der Waals surface area contributed by atoms with E-state index in [1.54, 1.807) is 0 Å². The van der Waals surface area contributed by atoms with Crippen molar-refractivity contribution in [1.29, 1.82) is 0 Å². The summed E-state index contributed by atoms with van der Waals surface area (Å²) in [4.78, 5) is 7.37. The maximum atomic E-state index is 2.26.